The number of likely N-dealkylation sites (tertiary alicyclic amines) is 1. The van der Waals surface area contributed by atoms with Crippen molar-refractivity contribution in [1.82, 2.24) is 9.21 Å². The summed E-state index contributed by atoms with van der Waals surface area (Å²) in [4.78, 5) is 13.4. The summed E-state index contributed by atoms with van der Waals surface area (Å²) in [7, 11) is -3.99. The van der Waals surface area contributed by atoms with Gasteiger partial charge >= 0.3 is 5.97 Å². The van der Waals surface area contributed by atoms with E-state index in [1.165, 1.54) is 40.7 Å². The van der Waals surface area contributed by atoms with Gasteiger partial charge in [-0.2, -0.15) is 9.57 Å². The number of carbonyl (C=O) groups is 1. The summed E-state index contributed by atoms with van der Waals surface area (Å²) in [5.41, 5.74) is 0.186. The van der Waals surface area contributed by atoms with E-state index in [0.717, 1.165) is 6.42 Å². The zero-order valence-electron chi connectivity index (χ0n) is 18.2. The van der Waals surface area contributed by atoms with Gasteiger partial charge < -0.3 is 9.84 Å². The van der Waals surface area contributed by atoms with Crippen LogP contribution >= 0.6 is 23.2 Å². The van der Waals surface area contributed by atoms with Crippen LogP contribution in [-0.2, 0) is 14.8 Å². The van der Waals surface area contributed by atoms with E-state index in [1.54, 1.807) is 0 Å². The highest BCUT2D eigenvalue weighted by Gasteiger charge is 2.39. The quantitative estimate of drug-likeness (QED) is 0.598. The minimum atomic E-state index is -3.99. The van der Waals surface area contributed by atoms with Gasteiger partial charge in [0.05, 0.1) is 11.6 Å². The molecule has 1 atom stereocenters. The lowest BCUT2D eigenvalue weighted by Gasteiger charge is -2.37. The van der Waals surface area contributed by atoms with Gasteiger partial charge in [0.15, 0.2) is 0 Å². The highest BCUT2D eigenvalue weighted by Crippen LogP contribution is 2.35. The highest BCUT2D eigenvalue weighted by molar-refractivity contribution is 7.89. The fourth-order valence-electron chi connectivity index (χ4n) is 4.62. The Balaban J connectivity index is 1.57. The van der Waals surface area contributed by atoms with Crippen molar-refractivity contribution in [1.29, 1.82) is 5.26 Å². The number of sulfonamides is 1. The smallest absolute Gasteiger partial charge is 0.320 e. The standard InChI is InChI=1S/C23H23Cl2N3O5S/c24-16-11-17(25)13-19(12-16)33-21-4-3-15(14-26)10-22(21)34(31,32)27-8-5-18(6-9-27)28-7-1-2-20(28)23(29)30/h3-4,10-13,18,20H,1-2,5-9H2,(H,29,30). The first-order valence-corrected chi connectivity index (χ1v) is 13.1. The monoisotopic (exact) mass is 523 g/mol. The molecule has 0 bridgehead atoms. The van der Waals surface area contributed by atoms with Gasteiger partial charge in [0, 0.05) is 29.2 Å². The minimum Gasteiger partial charge on any atom is -0.480 e. The van der Waals surface area contributed by atoms with Crippen molar-refractivity contribution in [2.45, 2.75) is 42.7 Å². The molecule has 2 aliphatic heterocycles. The van der Waals surface area contributed by atoms with E-state index in [9.17, 15) is 23.6 Å². The van der Waals surface area contributed by atoms with Gasteiger partial charge in [-0.3, -0.25) is 9.69 Å². The molecule has 0 aromatic heterocycles. The fraction of sp³-hybridized carbons (Fsp3) is 0.391. The largest absolute Gasteiger partial charge is 0.480 e. The summed E-state index contributed by atoms with van der Waals surface area (Å²) in [6.45, 7) is 1.20. The molecule has 4 rings (SSSR count). The number of aliphatic carboxylic acids is 1. The first kappa shape index (κ1) is 24.8. The molecular weight excluding hydrogens is 501 g/mol. The zero-order chi connectivity index (χ0) is 24.5. The highest BCUT2D eigenvalue weighted by atomic mass is 35.5. The zero-order valence-corrected chi connectivity index (χ0v) is 20.5. The lowest BCUT2D eigenvalue weighted by atomic mass is 10.0. The average molecular weight is 524 g/mol. The van der Waals surface area contributed by atoms with Gasteiger partial charge in [0.1, 0.15) is 22.4 Å². The number of piperidine rings is 1. The van der Waals surface area contributed by atoms with Gasteiger partial charge in [0.2, 0.25) is 10.0 Å². The SMILES string of the molecule is N#Cc1ccc(Oc2cc(Cl)cc(Cl)c2)c(S(=O)(=O)N2CCC(N3CCCC3C(=O)O)CC2)c1. The van der Waals surface area contributed by atoms with E-state index in [2.05, 4.69) is 0 Å². The predicted octanol–water partition coefficient (Wildman–Crippen LogP) is 4.36. The molecule has 2 saturated heterocycles. The summed E-state index contributed by atoms with van der Waals surface area (Å²) in [5.74, 6) is -0.500. The summed E-state index contributed by atoms with van der Waals surface area (Å²) >= 11 is 12.1. The van der Waals surface area contributed by atoms with Crippen molar-refractivity contribution in [3.8, 4) is 17.6 Å². The maximum Gasteiger partial charge on any atom is 0.320 e. The van der Waals surface area contributed by atoms with Crippen LogP contribution in [0.25, 0.3) is 0 Å². The number of nitrogens with zero attached hydrogens (tertiary/aromatic N) is 3. The lowest BCUT2D eigenvalue weighted by molar-refractivity contribution is -0.143. The molecule has 1 unspecified atom stereocenters. The summed E-state index contributed by atoms with van der Waals surface area (Å²) in [6.07, 6.45) is 2.50. The van der Waals surface area contributed by atoms with Gasteiger partial charge in [0.25, 0.3) is 0 Å². The third-order valence-electron chi connectivity index (χ3n) is 6.23. The minimum absolute atomic E-state index is 0.0183. The van der Waals surface area contributed by atoms with E-state index in [1.807, 2.05) is 11.0 Å². The van der Waals surface area contributed by atoms with Crippen LogP contribution in [0.1, 0.15) is 31.2 Å². The number of hydrogen-bond acceptors (Lipinski definition) is 6. The maximum atomic E-state index is 13.6. The van der Waals surface area contributed by atoms with Crippen LogP contribution in [0.5, 0.6) is 11.5 Å². The van der Waals surface area contributed by atoms with Crippen molar-refractivity contribution >= 4 is 39.2 Å². The molecule has 2 aromatic rings. The molecular formula is C23H23Cl2N3O5S. The van der Waals surface area contributed by atoms with E-state index >= 15 is 0 Å². The number of carboxylic acid groups (broad SMARTS) is 1. The first-order chi connectivity index (χ1) is 16.2. The van der Waals surface area contributed by atoms with Crippen LogP contribution in [0.15, 0.2) is 41.3 Å². The summed E-state index contributed by atoms with van der Waals surface area (Å²) in [5, 5.41) is 19.5. The number of carboxylic acids is 1. The Hall–Kier alpha value is -2.35. The van der Waals surface area contributed by atoms with Crippen LogP contribution in [0.3, 0.4) is 0 Å². The summed E-state index contributed by atoms with van der Waals surface area (Å²) in [6, 6.07) is 10.3. The van der Waals surface area contributed by atoms with Gasteiger partial charge in [-0.25, -0.2) is 8.42 Å². The Kier molecular flexibility index (Phi) is 7.36. The van der Waals surface area contributed by atoms with Crippen molar-refractivity contribution in [3.05, 3.63) is 52.0 Å². The number of benzene rings is 2. The molecule has 180 valence electrons. The number of ether oxygens (including phenoxy) is 1. The van der Waals surface area contributed by atoms with Crippen LogP contribution < -0.4 is 4.74 Å². The molecule has 11 heteroatoms. The van der Waals surface area contributed by atoms with Crippen molar-refractivity contribution in [3.63, 3.8) is 0 Å². The average Bonchev–Trinajstić information content (AvgIpc) is 3.29. The second kappa shape index (κ2) is 10.1. The molecule has 0 amide bonds. The van der Waals surface area contributed by atoms with Gasteiger partial charge in [-0.15, -0.1) is 0 Å². The van der Waals surface area contributed by atoms with Crippen molar-refractivity contribution in [2.24, 2.45) is 0 Å². The van der Waals surface area contributed by atoms with E-state index in [-0.39, 0.29) is 41.1 Å². The Morgan fingerprint density at radius 1 is 1.06 bits per heavy atom. The first-order valence-electron chi connectivity index (χ1n) is 10.9. The molecule has 0 spiro atoms. The molecule has 1 N–H and O–H groups in total. The molecule has 34 heavy (non-hydrogen) atoms. The third-order valence-corrected chi connectivity index (χ3v) is 8.58. The molecule has 8 nitrogen and oxygen atoms in total. The van der Waals surface area contributed by atoms with Gasteiger partial charge in [-0.05, 0) is 68.6 Å². The molecule has 0 radical (unpaired) electrons. The van der Waals surface area contributed by atoms with Crippen molar-refractivity contribution < 1.29 is 23.1 Å². The normalized spacial score (nSPS) is 20.2. The number of rotatable bonds is 6. The molecule has 2 aromatic carbocycles. The van der Waals surface area contributed by atoms with Crippen LogP contribution in [0, 0.1) is 11.3 Å². The third kappa shape index (κ3) is 5.16. The lowest BCUT2D eigenvalue weighted by Crippen LogP contribution is -2.49. The Bertz CT molecular complexity index is 1220. The van der Waals surface area contributed by atoms with Crippen LogP contribution in [0.2, 0.25) is 10.0 Å². The van der Waals surface area contributed by atoms with Crippen LogP contribution in [0.4, 0.5) is 0 Å². The Labute approximate surface area is 208 Å². The Morgan fingerprint density at radius 3 is 2.35 bits per heavy atom. The number of hydrogen-bond donors (Lipinski definition) is 1. The second-order valence-corrected chi connectivity index (χ2v) is 11.1. The van der Waals surface area contributed by atoms with E-state index in [0.29, 0.717) is 35.9 Å². The molecule has 2 fully saturated rings. The Morgan fingerprint density at radius 2 is 1.74 bits per heavy atom. The predicted molar refractivity (Wildman–Crippen MR) is 127 cm³/mol. The number of nitriles is 1. The fourth-order valence-corrected chi connectivity index (χ4v) is 6.74. The van der Waals surface area contributed by atoms with Gasteiger partial charge in [-0.1, -0.05) is 23.2 Å². The van der Waals surface area contributed by atoms with Crippen molar-refractivity contribution in [2.75, 3.05) is 19.6 Å². The number of halogens is 2. The van der Waals surface area contributed by atoms with Crippen LogP contribution in [-0.4, -0.2) is 60.4 Å². The second-order valence-electron chi connectivity index (χ2n) is 8.35. The molecule has 2 heterocycles. The van der Waals surface area contributed by atoms with E-state index in [4.69, 9.17) is 27.9 Å². The molecule has 0 aliphatic carbocycles. The topological polar surface area (TPSA) is 111 Å². The maximum absolute atomic E-state index is 13.6. The summed E-state index contributed by atoms with van der Waals surface area (Å²) < 4.78 is 34.4. The van der Waals surface area contributed by atoms with E-state index < -0.39 is 22.0 Å². The molecule has 2 aliphatic rings. The molecule has 0 saturated carbocycles.